The number of carbonyl (C=O) groups is 2. The molecule has 10 heteroatoms. The van der Waals surface area contributed by atoms with Gasteiger partial charge in [-0.1, -0.05) is 54.6 Å². The van der Waals surface area contributed by atoms with Gasteiger partial charge in [0.1, 0.15) is 6.04 Å². The van der Waals surface area contributed by atoms with E-state index in [0.29, 0.717) is 11.1 Å². The number of benzene rings is 3. The molecule has 9 nitrogen and oxygen atoms in total. The van der Waals surface area contributed by atoms with E-state index in [-0.39, 0.29) is 16.9 Å². The lowest BCUT2D eigenvalue weighted by atomic mass is 10.0. The molecule has 0 unspecified atom stereocenters. The number of sulfonamides is 1. The van der Waals surface area contributed by atoms with Crippen molar-refractivity contribution >= 4 is 28.1 Å². The number of carbonyl (C=O) groups excluding carboxylic acids is 2. The van der Waals surface area contributed by atoms with E-state index in [0.717, 1.165) is 11.1 Å². The van der Waals surface area contributed by atoms with Gasteiger partial charge in [-0.3, -0.25) is 4.79 Å². The molecule has 1 amide bonds. The molecule has 0 saturated carbocycles. The van der Waals surface area contributed by atoms with E-state index in [1.807, 2.05) is 6.07 Å². The Kier molecular flexibility index (Phi) is 7.77. The van der Waals surface area contributed by atoms with Crippen LogP contribution < -0.4 is 16.3 Å². The maximum atomic E-state index is 12.8. The summed E-state index contributed by atoms with van der Waals surface area (Å²) in [6.07, 6.45) is 1.68. The van der Waals surface area contributed by atoms with Crippen molar-refractivity contribution in [2.24, 2.45) is 16.1 Å². The lowest BCUT2D eigenvalue weighted by molar-refractivity contribution is -0.142. The number of rotatable bonds is 8. The van der Waals surface area contributed by atoms with Crippen LogP contribution in [0, 0.1) is 0 Å². The molecule has 176 valence electrons. The van der Waals surface area contributed by atoms with Crippen molar-refractivity contribution in [3.05, 3.63) is 89.5 Å². The highest BCUT2D eigenvalue weighted by atomic mass is 32.2. The van der Waals surface area contributed by atoms with E-state index in [9.17, 15) is 18.0 Å². The quantitative estimate of drug-likeness (QED) is 0.193. The third-order valence-electron chi connectivity index (χ3n) is 5.06. The van der Waals surface area contributed by atoms with Gasteiger partial charge in [0.2, 0.25) is 10.0 Å². The number of hydrogen-bond donors (Lipinski definition) is 3. The van der Waals surface area contributed by atoms with Crippen molar-refractivity contribution in [2.75, 3.05) is 7.11 Å². The fourth-order valence-corrected chi connectivity index (χ4v) is 4.21. The zero-order valence-corrected chi connectivity index (χ0v) is 19.2. The number of hydrazone groups is 1. The SMILES string of the molecule is COC(=O)[C@H](Cc1cccc(C=NN)c1)NC(=O)c1ccc(-c2ccccc2S(N)(=O)=O)cc1. The van der Waals surface area contributed by atoms with Crippen LogP contribution in [0.2, 0.25) is 0 Å². The maximum Gasteiger partial charge on any atom is 0.328 e. The minimum Gasteiger partial charge on any atom is -0.467 e. The maximum absolute atomic E-state index is 12.8. The van der Waals surface area contributed by atoms with E-state index in [1.54, 1.807) is 48.5 Å². The first-order chi connectivity index (χ1) is 16.2. The molecule has 0 aromatic heterocycles. The van der Waals surface area contributed by atoms with E-state index in [1.165, 1.54) is 31.5 Å². The van der Waals surface area contributed by atoms with Crippen LogP contribution in [0.1, 0.15) is 21.5 Å². The molecule has 3 aromatic rings. The fourth-order valence-electron chi connectivity index (χ4n) is 3.45. The van der Waals surface area contributed by atoms with Gasteiger partial charge >= 0.3 is 5.97 Å². The average Bonchev–Trinajstić information content (AvgIpc) is 2.83. The summed E-state index contributed by atoms with van der Waals surface area (Å²) in [6.45, 7) is 0. The molecule has 0 aliphatic heterocycles. The Morgan fingerprint density at radius 2 is 1.76 bits per heavy atom. The zero-order chi connectivity index (χ0) is 24.7. The number of nitrogens with one attached hydrogen (secondary N) is 1. The monoisotopic (exact) mass is 480 g/mol. The first-order valence-electron chi connectivity index (χ1n) is 10.2. The summed E-state index contributed by atoms with van der Waals surface area (Å²) in [4.78, 5) is 25.1. The normalized spacial score (nSPS) is 12.3. The number of amides is 1. The second-order valence-electron chi connectivity index (χ2n) is 7.40. The number of esters is 1. The van der Waals surface area contributed by atoms with Crippen LogP contribution in [-0.2, 0) is 26.0 Å². The number of primary sulfonamides is 1. The average molecular weight is 481 g/mol. The van der Waals surface area contributed by atoms with Gasteiger partial charge < -0.3 is 15.9 Å². The largest absolute Gasteiger partial charge is 0.467 e. The second kappa shape index (κ2) is 10.7. The van der Waals surface area contributed by atoms with Crippen LogP contribution in [-0.4, -0.2) is 39.7 Å². The summed E-state index contributed by atoms with van der Waals surface area (Å²) in [5, 5.41) is 11.5. The predicted molar refractivity (Wildman–Crippen MR) is 128 cm³/mol. The van der Waals surface area contributed by atoms with Gasteiger partial charge in [0.05, 0.1) is 18.2 Å². The lowest BCUT2D eigenvalue weighted by Crippen LogP contribution is -2.43. The number of hydrogen-bond acceptors (Lipinski definition) is 7. The molecule has 5 N–H and O–H groups in total. The molecule has 1 atom stereocenters. The Bertz CT molecular complexity index is 1320. The zero-order valence-electron chi connectivity index (χ0n) is 18.3. The van der Waals surface area contributed by atoms with Crippen LogP contribution in [0.15, 0.2) is 82.8 Å². The number of methoxy groups -OCH3 is 1. The molecule has 0 radical (unpaired) electrons. The predicted octanol–water partition coefficient (Wildman–Crippen LogP) is 1.81. The standard InChI is InChI=1S/C24H24N4O5S/c1-33-24(30)21(14-16-5-4-6-17(13-16)15-27-25)28-23(29)19-11-9-18(10-12-19)20-7-2-3-8-22(20)34(26,31)32/h2-13,15,21H,14,25H2,1H3,(H,28,29)(H2,26,31,32)/t21-/m0/s1. The Morgan fingerprint density at radius 3 is 2.41 bits per heavy atom. The third kappa shape index (κ3) is 6.06. The Hall–Kier alpha value is -4.02. The van der Waals surface area contributed by atoms with Gasteiger partial charge in [-0.2, -0.15) is 5.10 Å². The molecule has 0 saturated heterocycles. The van der Waals surface area contributed by atoms with Crippen molar-refractivity contribution < 1.29 is 22.7 Å². The fraction of sp³-hybridized carbons (Fsp3) is 0.125. The van der Waals surface area contributed by atoms with Gasteiger partial charge in [0, 0.05) is 17.5 Å². The third-order valence-corrected chi connectivity index (χ3v) is 6.03. The number of ether oxygens (including phenoxy) is 1. The molecule has 0 aliphatic carbocycles. The van der Waals surface area contributed by atoms with Crippen LogP contribution in [0.5, 0.6) is 0 Å². The van der Waals surface area contributed by atoms with E-state index in [4.69, 9.17) is 15.7 Å². The Morgan fingerprint density at radius 1 is 1.06 bits per heavy atom. The summed E-state index contributed by atoms with van der Waals surface area (Å²) in [5.74, 6) is 4.11. The molecule has 0 heterocycles. The molecule has 0 aliphatic rings. The molecule has 34 heavy (non-hydrogen) atoms. The van der Waals surface area contributed by atoms with E-state index >= 15 is 0 Å². The Balaban J connectivity index is 1.81. The molecule has 0 fully saturated rings. The molecular weight excluding hydrogens is 456 g/mol. The first-order valence-corrected chi connectivity index (χ1v) is 11.7. The summed E-state index contributed by atoms with van der Waals surface area (Å²) >= 11 is 0. The minimum atomic E-state index is -3.92. The van der Waals surface area contributed by atoms with E-state index < -0.39 is 27.9 Å². The highest BCUT2D eigenvalue weighted by Crippen LogP contribution is 2.26. The van der Waals surface area contributed by atoms with Gasteiger partial charge in [-0.05, 0) is 34.9 Å². The summed E-state index contributed by atoms with van der Waals surface area (Å²) < 4.78 is 28.6. The molecule has 3 rings (SSSR count). The van der Waals surface area contributed by atoms with Crippen molar-refractivity contribution in [1.82, 2.24) is 5.32 Å². The van der Waals surface area contributed by atoms with Gasteiger partial charge in [-0.15, -0.1) is 0 Å². The van der Waals surface area contributed by atoms with Crippen molar-refractivity contribution in [2.45, 2.75) is 17.4 Å². The van der Waals surface area contributed by atoms with Crippen molar-refractivity contribution in [3.8, 4) is 11.1 Å². The summed E-state index contributed by atoms with van der Waals surface area (Å²) in [7, 11) is -2.67. The highest BCUT2D eigenvalue weighted by Gasteiger charge is 2.23. The second-order valence-corrected chi connectivity index (χ2v) is 8.92. The van der Waals surface area contributed by atoms with Crippen LogP contribution in [0.3, 0.4) is 0 Å². The highest BCUT2D eigenvalue weighted by molar-refractivity contribution is 7.89. The first kappa shape index (κ1) is 24.6. The molecule has 0 bridgehead atoms. The lowest BCUT2D eigenvalue weighted by Gasteiger charge is -2.17. The van der Waals surface area contributed by atoms with Crippen molar-refractivity contribution in [1.29, 1.82) is 0 Å². The molecule has 3 aromatic carbocycles. The smallest absolute Gasteiger partial charge is 0.328 e. The topological polar surface area (TPSA) is 154 Å². The summed E-state index contributed by atoms with van der Waals surface area (Å²) in [6, 6.07) is 18.9. The van der Waals surface area contributed by atoms with Crippen molar-refractivity contribution in [3.63, 3.8) is 0 Å². The van der Waals surface area contributed by atoms with Crippen LogP contribution in [0.4, 0.5) is 0 Å². The minimum absolute atomic E-state index is 0.0140. The van der Waals surface area contributed by atoms with Gasteiger partial charge in [0.25, 0.3) is 5.91 Å². The summed E-state index contributed by atoms with van der Waals surface area (Å²) in [5.41, 5.74) is 2.82. The van der Waals surface area contributed by atoms with Crippen LogP contribution in [0.25, 0.3) is 11.1 Å². The van der Waals surface area contributed by atoms with Crippen LogP contribution >= 0.6 is 0 Å². The molecular formula is C24H24N4O5S. The van der Waals surface area contributed by atoms with Gasteiger partial charge in [0.15, 0.2) is 0 Å². The number of nitrogens with zero attached hydrogens (tertiary/aromatic N) is 1. The molecule has 0 spiro atoms. The van der Waals surface area contributed by atoms with Gasteiger partial charge in [-0.25, -0.2) is 18.4 Å². The van der Waals surface area contributed by atoms with E-state index in [2.05, 4.69) is 10.4 Å². The number of nitrogens with two attached hydrogens (primary N) is 2. The Labute approximate surface area is 197 Å².